The molecule has 0 aromatic carbocycles. The van der Waals surface area contributed by atoms with Crippen LogP contribution >= 0.6 is 11.3 Å². The van der Waals surface area contributed by atoms with Crippen molar-refractivity contribution in [2.45, 2.75) is 20.5 Å². The molecule has 114 valence electrons. The van der Waals surface area contributed by atoms with Gasteiger partial charge in [0.25, 0.3) is 5.91 Å². The monoisotopic (exact) mass is 309 g/mol. The molecule has 0 unspecified atom stereocenters. The van der Waals surface area contributed by atoms with E-state index < -0.39 is 0 Å². The molecule has 2 heterocycles. The fourth-order valence-electron chi connectivity index (χ4n) is 2.01. The van der Waals surface area contributed by atoms with Crippen LogP contribution in [0.25, 0.3) is 10.2 Å². The number of carbonyl (C=O) groups is 1. The predicted octanol–water partition coefficient (Wildman–Crippen LogP) is 2.25. The Labute approximate surface area is 127 Å². The van der Waals surface area contributed by atoms with Crippen LogP contribution in [0.3, 0.4) is 0 Å². The summed E-state index contributed by atoms with van der Waals surface area (Å²) in [7, 11) is 4.94. The third kappa shape index (κ3) is 2.84. The van der Waals surface area contributed by atoms with E-state index in [2.05, 4.69) is 9.97 Å². The number of methoxy groups -OCH3 is 2. The van der Waals surface area contributed by atoms with E-state index in [1.807, 2.05) is 13.8 Å². The molecule has 6 nitrogen and oxygen atoms in total. The van der Waals surface area contributed by atoms with Gasteiger partial charge in [-0.3, -0.25) is 4.79 Å². The number of rotatable bonds is 5. The number of hydrogen-bond acceptors (Lipinski definition) is 6. The summed E-state index contributed by atoms with van der Waals surface area (Å²) < 4.78 is 10.4. The van der Waals surface area contributed by atoms with Crippen molar-refractivity contribution < 1.29 is 14.3 Å². The van der Waals surface area contributed by atoms with Crippen LogP contribution in [-0.4, -0.2) is 48.6 Å². The first-order chi connectivity index (χ1) is 10.0. The molecule has 0 saturated heterocycles. The molecule has 0 spiro atoms. The lowest BCUT2D eigenvalue weighted by Crippen LogP contribution is -2.25. The maximum absolute atomic E-state index is 12.4. The van der Waals surface area contributed by atoms with Crippen LogP contribution in [0.1, 0.15) is 28.0 Å². The van der Waals surface area contributed by atoms with Crippen molar-refractivity contribution in [3.8, 4) is 5.88 Å². The second-order valence-electron chi connectivity index (χ2n) is 4.64. The quantitative estimate of drug-likeness (QED) is 0.847. The zero-order valence-corrected chi connectivity index (χ0v) is 13.7. The lowest BCUT2D eigenvalue weighted by Gasteiger charge is -2.13. The van der Waals surface area contributed by atoms with Crippen molar-refractivity contribution >= 4 is 27.5 Å². The first-order valence-electron chi connectivity index (χ1n) is 6.61. The maximum atomic E-state index is 12.4. The third-order valence-corrected chi connectivity index (χ3v) is 4.46. The molecule has 2 aromatic rings. The first-order valence-corrected chi connectivity index (χ1v) is 7.43. The lowest BCUT2D eigenvalue weighted by molar-refractivity contribution is 0.0806. The molecule has 0 bridgehead atoms. The Hall–Kier alpha value is -1.73. The Morgan fingerprint density at radius 3 is 2.62 bits per heavy atom. The molecule has 0 saturated carbocycles. The topological polar surface area (TPSA) is 64.6 Å². The SMILES string of the molecule is CCN(C)C(=O)c1sc2nc(COC)nc(OC)c2c1C. The van der Waals surface area contributed by atoms with Gasteiger partial charge in [0.05, 0.1) is 17.4 Å². The number of amides is 1. The summed E-state index contributed by atoms with van der Waals surface area (Å²) in [5, 5.41) is 0.801. The number of ether oxygens (including phenoxy) is 2. The highest BCUT2D eigenvalue weighted by molar-refractivity contribution is 7.20. The number of aryl methyl sites for hydroxylation is 1. The van der Waals surface area contributed by atoms with Crippen LogP contribution in [0.5, 0.6) is 5.88 Å². The fourth-order valence-corrected chi connectivity index (χ4v) is 3.19. The Morgan fingerprint density at radius 2 is 2.05 bits per heavy atom. The van der Waals surface area contributed by atoms with Crippen molar-refractivity contribution in [3.05, 3.63) is 16.3 Å². The first kappa shape index (κ1) is 15.7. The highest BCUT2D eigenvalue weighted by Crippen LogP contribution is 2.35. The van der Waals surface area contributed by atoms with E-state index in [0.717, 1.165) is 15.8 Å². The normalized spacial score (nSPS) is 10.9. The van der Waals surface area contributed by atoms with Crippen LogP contribution in [0.4, 0.5) is 0 Å². The summed E-state index contributed by atoms with van der Waals surface area (Å²) >= 11 is 1.37. The van der Waals surface area contributed by atoms with Gasteiger partial charge in [-0.1, -0.05) is 0 Å². The molecule has 0 fully saturated rings. The predicted molar refractivity (Wildman–Crippen MR) is 82.1 cm³/mol. The Bertz CT molecular complexity index is 669. The zero-order chi connectivity index (χ0) is 15.6. The van der Waals surface area contributed by atoms with E-state index >= 15 is 0 Å². The summed E-state index contributed by atoms with van der Waals surface area (Å²) in [6.07, 6.45) is 0. The van der Waals surface area contributed by atoms with E-state index in [1.54, 1.807) is 26.2 Å². The molecule has 0 aliphatic carbocycles. The molecule has 0 N–H and O–H groups in total. The number of fused-ring (bicyclic) bond motifs is 1. The minimum atomic E-state index is -0.00616. The smallest absolute Gasteiger partial charge is 0.264 e. The van der Waals surface area contributed by atoms with Crippen LogP contribution in [0, 0.1) is 6.92 Å². The average Bonchev–Trinajstić information content (AvgIpc) is 2.82. The van der Waals surface area contributed by atoms with E-state index in [9.17, 15) is 4.79 Å². The van der Waals surface area contributed by atoms with Gasteiger partial charge in [0, 0.05) is 20.7 Å². The van der Waals surface area contributed by atoms with Crippen LogP contribution in [0.2, 0.25) is 0 Å². The van der Waals surface area contributed by atoms with Gasteiger partial charge in [0.2, 0.25) is 5.88 Å². The second kappa shape index (κ2) is 6.36. The number of aromatic nitrogens is 2. The number of hydrogen-bond donors (Lipinski definition) is 0. The van der Waals surface area contributed by atoms with Crippen molar-refractivity contribution in [1.29, 1.82) is 0 Å². The van der Waals surface area contributed by atoms with Gasteiger partial charge < -0.3 is 14.4 Å². The van der Waals surface area contributed by atoms with Crippen molar-refractivity contribution in [3.63, 3.8) is 0 Å². The highest BCUT2D eigenvalue weighted by atomic mass is 32.1. The van der Waals surface area contributed by atoms with Crippen molar-refractivity contribution in [2.75, 3.05) is 27.8 Å². The molecule has 7 heteroatoms. The molecule has 0 aliphatic heterocycles. The van der Waals surface area contributed by atoms with Gasteiger partial charge in [-0.2, -0.15) is 4.98 Å². The largest absolute Gasteiger partial charge is 0.480 e. The summed E-state index contributed by atoms with van der Waals surface area (Å²) in [4.78, 5) is 24.3. The van der Waals surface area contributed by atoms with Crippen molar-refractivity contribution in [1.82, 2.24) is 14.9 Å². The second-order valence-corrected chi connectivity index (χ2v) is 5.64. The standard InChI is InChI=1S/C14H19N3O3S/c1-6-17(3)14(18)11-8(2)10-12(20-5)15-9(7-19-4)16-13(10)21-11/h6-7H2,1-5H3. The molecular weight excluding hydrogens is 290 g/mol. The van der Waals surface area contributed by atoms with Gasteiger partial charge >= 0.3 is 0 Å². The van der Waals surface area contributed by atoms with E-state index in [0.29, 0.717) is 29.7 Å². The van der Waals surface area contributed by atoms with Gasteiger partial charge in [-0.05, 0) is 19.4 Å². The molecular formula is C14H19N3O3S. The van der Waals surface area contributed by atoms with Crippen LogP contribution in [-0.2, 0) is 11.3 Å². The minimum Gasteiger partial charge on any atom is -0.480 e. The molecule has 0 atom stereocenters. The molecule has 0 radical (unpaired) electrons. The summed E-state index contributed by atoms with van der Waals surface area (Å²) in [6.45, 7) is 4.81. The average molecular weight is 309 g/mol. The number of thiophene rings is 1. The molecule has 1 amide bonds. The Kier molecular flexibility index (Phi) is 4.74. The summed E-state index contributed by atoms with van der Waals surface area (Å²) in [5.41, 5.74) is 0.862. The molecule has 2 aromatic heterocycles. The van der Waals surface area contributed by atoms with Gasteiger partial charge in [-0.15, -0.1) is 11.3 Å². The lowest BCUT2D eigenvalue weighted by atomic mass is 10.2. The van der Waals surface area contributed by atoms with Gasteiger partial charge in [0.15, 0.2) is 5.82 Å². The van der Waals surface area contributed by atoms with Gasteiger partial charge in [-0.25, -0.2) is 4.98 Å². The Morgan fingerprint density at radius 1 is 1.33 bits per heavy atom. The summed E-state index contributed by atoms with van der Waals surface area (Å²) in [5.74, 6) is 1.03. The zero-order valence-electron chi connectivity index (χ0n) is 12.9. The molecule has 21 heavy (non-hydrogen) atoms. The van der Waals surface area contributed by atoms with E-state index in [-0.39, 0.29) is 5.91 Å². The third-order valence-electron chi connectivity index (χ3n) is 3.29. The van der Waals surface area contributed by atoms with E-state index in [1.165, 1.54) is 11.3 Å². The van der Waals surface area contributed by atoms with Crippen LogP contribution in [0.15, 0.2) is 0 Å². The Balaban J connectivity index is 2.61. The number of nitrogens with zero attached hydrogens (tertiary/aromatic N) is 3. The fraction of sp³-hybridized carbons (Fsp3) is 0.500. The van der Waals surface area contributed by atoms with E-state index in [4.69, 9.17) is 9.47 Å². The highest BCUT2D eigenvalue weighted by Gasteiger charge is 2.22. The van der Waals surface area contributed by atoms with Crippen molar-refractivity contribution in [2.24, 2.45) is 0 Å². The molecule has 0 aliphatic rings. The van der Waals surface area contributed by atoms with Crippen LogP contribution < -0.4 is 4.74 Å². The maximum Gasteiger partial charge on any atom is 0.264 e. The van der Waals surface area contributed by atoms with Gasteiger partial charge in [0.1, 0.15) is 11.4 Å². The molecule has 2 rings (SSSR count). The number of carbonyl (C=O) groups excluding carboxylic acids is 1. The summed E-state index contributed by atoms with van der Waals surface area (Å²) in [6, 6.07) is 0. The minimum absolute atomic E-state index is 0.00616.